The smallest absolute Gasteiger partial charge is 0.262 e. The molecule has 1 saturated heterocycles. The molecule has 0 saturated carbocycles. The van der Waals surface area contributed by atoms with Crippen molar-refractivity contribution in [2.24, 2.45) is 0 Å². The summed E-state index contributed by atoms with van der Waals surface area (Å²) in [6.45, 7) is 3.57. The number of carbonyl (C=O) groups excluding carboxylic acids is 3. The van der Waals surface area contributed by atoms with Crippen molar-refractivity contribution in [1.29, 1.82) is 0 Å². The molecule has 1 fully saturated rings. The van der Waals surface area contributed by atoms with E-state index in [1.54, 1.807) is 40.9 Å². The highest BCUT2D eigenvalue weighted by Crippen LogP contribution is 2.33. The average molecular weight is 482 g/mol. The van der Waals surface area contributed by atoms with E-state index >= 15 is 0 Å². The molecular formula is C25H27N3O5S. The van der Waals surface area contributed by atoms with Gasteiger partial charge >= 0.3 is 0 Å². The van der Waals surface area contributed by atoms with Gasteiger partial charge in [0.15, 0.2) is 11.5 Å². The summed E-state index contributed by atoms with van der Waals surface area (Å²) in [5.41, 5.74) is 1.89. The number of piperazine rings is 1. The van der Waals surface area contributed by atoms with Crippen molar-refractivity contribution in [3.63, 3.8) is 0 Å². The van der Waals surface area contributed by atoms with Crippen LogP contribution in [0.3, 0.4) is 0 Å². The summed E-state index contributed by atoms with van der Waals surface area (Å²) >= 11 is 1.60. The highest BCUT2D eigenvalue weighted by atomic mass is 32.2. The van der Waals surface area contributed by atoms with Crippen LogP contribution in [0.25, 0.3) is 0 Å². The standard InChI is InChI=1S/C25H27N3O5S/c1-34-13-8-20(28-23(29)18-4-2-3-5-19(18)24(28)30)25(31)27-11-9-26(10-12-27)15-17-6-7-21-22(14-17)33-16-32-21/h2-7,14,20H,8-13,15-16H2,1H3. The molecule has 9 heteroatoms. The minimum atomic E-state index is -0.778. The number of amides is 3. The molecule has 0 aromatic heterocycles. The summed E-state index contributed by atoms with van der Waals surface area (Å²) in [5, 5.41) is 0. The van der Waals surface area contributed by atoms with Crippen molar-refractivity contribution in [1.82, 2.24) is 14.7 Å². The van der Waals surface area contributed by atoms with Crippen molar-refractivity contribution in [2.75, 3.05) is 45.0 Å². The van der Waals surface area contributed by atoms with Gasteiger partial charge in [0.05, 0.1) is 11.1 Å². The van der Waals surface area contributed by atoms with Gasteiger partial charge in [-0.05, 0) is 48.3 Å². The van der Waals surface area contributed by atoms with Crippen LogP contribution in [0.5, 0.6) is 11.5 Å². The van der Waals surface area contributed by atoms with Crippen molar-refractivity contribution < 1.29 is 23.9 Å². The zero-order valence-electron chi connectivity index (χ0n) is 19.1. The van der Waals surface area contributed by atoms with Crippen LogP contribution in [-0.2, 0) is 11.3 Å². The van der Waals surface area contributed by atoms with Crippen LogP contribution in [0.4, 0.5) is 0 Å². The molecule has 1 unspecified atom stereocenters. The molecule has 2 aromatic rings. The molecule has 0 spiro atoms. The Balaban J connectivity index is 1.24. The number of hydrogen-bond donors (Lipinski definition) is 0. The van der Waals surface area contributed by atoms with E-state index in [9.17, 15) is 14.4 Å². The van der Waals surface area contributed by atoms with Crippen molar-refractivity contribution in [2.45, 2.75) is 19.0 Å². The lowest BCUT2D eigenvalue weighted by Crippen LogP contribution is -2.56. The van der Waals surface area contributed by atoms with E-state index in [2.05, 4.69) is 4.90 Å². The Morgan fingerprint density at radius 2 is 1.65 bits per heavy atom. The summed E-state index contributed by atoms with van der Waals surface area (Å²) in [4.78, 5) is 44.9. The Morgan fingerprint density at radius 3 is 2.32 bits per heavy atom. The van der Waals surface area contributed by atoms with Crippen molar-refractivity contribution in [3.8, 4) is 11.5 Å². The molecule has 0 aliphatic carbocycles. The third kappa shape index (κ3) is 4.25. The van der Waals surface area contributed by atoms with Gasteiger partial charge in [0.1, 0.15) is 6.04 Å². The van der Waals surface area contributed by atoms with Gasteiger partial charge in [-0.15, -0.1) is 0 Å². The number of imide groups is 1. The number of benzene rings is 2. The maximum Gasteiger partial charge on any atom is 0.262 e. The third-order valence-corrected chi connectivity index (χ3v) is 7.19. The number of nitrogens with zero attached hydrogens (tertiary/aromatic N) is 3. The van der Waals surface area contributed by atoms with Gasteiger partial charge < -0.3 is 14.4 Å². The number of carbonyl (C=O) groups is 3. The van der Waals surface area contributed by atoms with E-state index in [-0.39, 0.29) is 24.5 Å². The maximum atomic E-state index is 13.5. The molecule has 0 bridgehead atoms. The Kier molecular flexibility index (Phi) is 6.47. The first kappa shape index (κ1) is 22.7. The van der Waals surface area contributed by atoms with Crippen LogP contribution in [0, 0.1) is 0 Å². The number of fused-ring (bicyclic) bond motifs is 2. The third-order valence-electron chi connectivity index (χ3n) is 6.54. The molecule has 1 atom stereocenters. The summed E-state index contributed by atoms with van der Waals surface area (Å²) in [6.07, 6.45) is 2.40. The quantitative estimate of drug-likeness (QED) is 0.562. The van der Waals surface area contributed by atoms with E-state index in [1.165, 1.54) is 4.90 Å². The van der Waals surface area contributed by atoms with Crippen molar-refractivity contribution >= 4 is 29.5 Å². The van der Waals surface area contributed by atoms with Crippen LogP contribution >= 0.6 is 11.8 Å². The molecule has 2 aromatic carbocycles. The van der Waals surface area contributed by atoms with Gasteiger partial charge in [-0.3, -0.25) is 24.2 Å². The van der Waals surface area contributed by atoms with Crippen LogP contribution in [0.2, 0.25) is 0 Å². The summed E-state index contributed by atoms with van der Waals surface area (Å²) < 4.78 is 10.8. The molecule has 0 N–H and O–H groups in total. The molecule has 178 valence electrons. The Bertz CT molecular complexity index is 1080. The SMILES string of the molecule is CSCCC(C(=O)N1CCN(Cc2ccc3c(c2)OCO3)CC1)N1C(=O)c2ccccc2C1=O. The van der Waals surface area contributed by atoms with E-state index < -0.39 is 6.04 Å². The lowest BCUT2D eigenvalue weighted by Gasteiger charge is -2.38. The second kappa shape index (κ2) is 9.68. The Labute approximate surface area is 202 Å². The number of thioether (sulfide) groups is 1. The highest BCUT2D eigenvalue weighted by molar-refractivity contribution is 7.98. The van der Waals surface area contributed by atoms with Gasteiger partial charge in [-0.25, -0.2) is 0 Å². The van der Waals surface area contributed by atoms with Gasteiger partial charge in [0.2, 0.25) is 12.7 Å². The normalized spacial score (nSPS) is 18.4. The molecule has 3 aliphatic rings. The number of ether oxygens (including phenoxy) is 2. The fourth-order valence-electron chi connectivity index (χ4n) is 4.72. The van der Waals surface area contributed by atoms with E-state index in [4.69, 9.17) is 9.47 Å². The molecule has 8 nitrogen and oxygen atoms in total. The first-order valence-corrected chi connectivity index (χ1v) is 12.8. The van der Waals surface area contributed by atoms with Gasteiger partial charge in [-0.1, -0.05) is 18.2 Å². The molecule has 34 heavy (non-hydrogen) atoms. The van der Waals surface area contributed by atoms with Crippen LogP contribution < -0.4 is 9.47 Å². The fraction of sp³-hybridized carbons (Fsp3) is 0.400. The highest BCUT2D eigenvalue weighted by Gasteiger charge is 2.43. The van der Waals surface area contributed by atoms with Gasteiger partial charge in [-0.2, -0.15) is 11.8 Å². The predicted octanol–water partition coefficient (Wildman–Crippen LogP) is 2.48. The zero-order valence-corrected chi connectivity index (χ0v) is 19.9. The predicted molar refractivity (Wildman–Crippen MR) is 128 cm³/mol. The van der Waals surface area contributed by atoms with Crippen LogP contribution in [0.1, 0.15) is 32.7 Å². The topological polar surface area (TPSA) is 79.4 Å². The lowest BCUT2D eigenvalue weighted by molar-refractivity contribution is -0.137. The Hall–Kier alpha value is -3.04. The number of hydrogen-bond acceptors (Lipinski definition) is 7. The second-order valence-electron chi connectivity index (χ2n) is 8.61. The van der Waals surface area contributed by atoms with Crippen LogP contribution in [0.15, 0.2) is 42.5 Å². The minimum absolute atomic E-state index is 0.147. The first-order chi connectivity index (χ1) is 16.6. The number of rotatable bonds is 7. The lowest BCUT2D eigenvalue weighted by atomic mass is 10.1. The zero-order chi connectivity index (χ0) is 23.7. The van der Waals surface area contributed by atoms with Crippen molar-refractivity contribution in [3.05, 3.63) is 59.2 Å². The van der Waals surface area contributed by atoms with Gasteiger partial charge in [0.25, 0.3) is 11.8 Å². The molecule has 3 heterocycles. The summed E-state index contributed by atoms with van der Waals surface area (Å²) in [6, 6.07) is 12.0. The Morgan fingerprint density at radius 1 is 0.971 bits per heavy atom. The van der Waals surface area contributed by atoms with E-state index in [1.807, 2.05) is 24.5 Å². The van der Waals surface area contributed by atoms with E-state index in [0.29, 0.717) is 36.4 Å². The largest absolute Gasteiger partial charge is 0.454 e. The minimum Gasteiger partial charge on any atom is -0.454 e. The average Bonchev–Trinajstić information content (AvgIpc) is 3.43. The molecule has 3 amide bonds. The molecule has 5 rings (SSSR count). The van der Waals surface area contributed by atoms with Crippen LogP contribution in [-0.4, -0.2) is 83.4 Å². The fourth-order valence-corrected chi connectivity index (χ4v) is 5.18. The summed E-state index contributed by atoms with van der Waals surface area (Å²) in [7, 11) is 0. The molecule has 0 radical (unpaired) electrons. The van der Waals surface area contributed by atoms with Gasteiger partial charge in [0, 0.05) is 32.7 Å². The second-order valence-corrected chi connectivity index (χ2v) is 9.60. The molecular weight excluding hydrogens is 454 g/mol. The molecule has 3 aliphatic heterocycles. The summed E-state index contributed by atoms with van der Waals surface area (Å²) in [5.74, 6) is 1.33. The monoisotopic (exact) mass is 481 g/mol. The first-order valence-electron chi connectivity index (χ1n) is 11.4. The van der Waals surface area contributed by atoms with E-state index in [0.717, 1.165) is 36.7 Å². The maximum absolute atomic E-state index is 13.5.